The highest BCUT2D eigenvalue weighted by atomic mass is 16.3. The maximum atomic E-state index is 13.3. The molecular weight excluding hydrogens is 366 g/mol. The van der Waals surface area contributed by atoms with Gasteiger partial charge in [0.1, 0.15) is 0 Å². The fourth-order valence-corrected chi connectivity index (χ4v) is 5.45. The maximum Gasteiger partial charge on any atom is 0.258 e. The molecule has 0 spiro atoms. The zero-order chi connectivity index (χ0) is 20.0. The molecule has 1 amide bonds. The summed E-state index contributed by atoms with van der Waals surface area (Å²) >= 11 is 0. The number of nitrogens with one attached hydrogen (secondary N) is 2. The second-order valence-corrected chi connectivity index (χ2v) is 8.57. The Morgan fingerprint density at radius 3 is 2.62 bits per heavy atom. The topological polar surface area (TPSA) is 83.4 Å². The van der Waals surface area contributed by atoms with Gasteiger partial charge in [-0.05, 0) is 30.5 Å². The summed E-state index contributed by atoms with van der Waals surface area (Å²) in [5.41, 5.74) is 2.38. The highest BCUT2D eigenvalue weighted by Gasteiger charge is 2.51. The number of benzene rings is 1. The molecule has 0 radical (unpaired) electrons. The van der Waals surface area contributed by atoms with E-state index in [1.165, 1.54) is 0 Å². The van der Waals surface area contributed by atoms with E-state index in [1.54, 1.807) is 4.57 Å². The number of fused-ring (bicyclic) bond motifs is 4. The molecule has 3 heterocycles. The van der Waals surface area contributed by atoms with Gasteiger partial charge >= 0.3 is 0 Å². The van der Waals surface area contributed by atoms with Crippen LogP contribution < -0.4 is 16.2 Å². The van der Waals surface area contributed by atoms with E-state index < -0.39 is 0 Å². The van der Waals surface area contributed by atoms with E-state index in [2.05, 4.69) is 10.6 Å². The van der Waals surface area contributed by atoms with E-state index in [1.807, 2.05) is 42.5 Å². The third-order valence-electron chi connectivity index (χ3n) is 6.94. The lowest BCUT2D eigenvalue weighted by molar-refractivity contribution is -0.127. The molecule has 3 N–H and O–H groups in total. The number of nitrogens with zero attached hydrogens (tertiary/aromatic N) is 1. The van der Waals surface area contributed by atoms with Gasteiger partial charge in [-0.1, -0.05) is 43.2 Å². The van der Waals surface area contributed by atoms with Gasteiger partial charge in [0.25, 0.3) is 5.56 Å². The van der Waals surface area contributed by atoms with Crippen molar-refractivity contribution in [1.82, 2.24) is 15.2 Å². The average Bonchev–Trinajstić information content (AvgIpc) is 3.35. The first-order chi connectivity index (χ1) is 14.2. The Morgan fingerprint density at radius 1 is 1.14 bits per heavy atom. The summed E-state index contributed by atoms with van der Waals surface area (Å²) in [4.78, 5) is 26.4. The van der Waals surface area contributed by atoms with Gasteiger partial charge in [0.2, 0.25) is 5.91 Å². The number of aliphatic hydroxyl groups is 1. The highest BCUT2D eigenvalue weighted by Crippen LogP contribution is 2.41. The monoisotopic (exact) mass is 393 g/mol. The summed E-state index contributed by atoms with van der Waals surface area (Å²) in [5.74, 6) is -0.550. The van der Waals surface area contributed by atoms with Crippen LogP contribution in [0.4, 0.5) is 0 Å². The second-order valence-electron chi connectivity index (χ2n) is 8.57. The predicted octanol–water partition coefficient (Wildman–Crippen LogP) is 1.83. The molecule has 1 saturated heterocycles. The Hall–Kier alpha value is -2.44. The van der Waals surface area contributed by atoms with Crippen LogP contribution in [0.15, 0.2) is 47.3 Å². The van der Waals surface area contributed by atoms with E-state index >= 15 is 0 Å². The molecule has 1 aliphatic carbocycles. The van der Waals surface area contributed by atoms with Crippen LogP contribution in [0.2, 0.25) is 0 Å². The van der Waals surface area contributed by atoms with E-state index in [4.69, 9.17) is 0 Å². The number of pyridine rings is 1. The van der Waals surface area contributed by atoms with Crippen molar-refractivity contribution in [2.45, 2.75) is 50.4 Å². The van der Waals surface area contributed by atoms with Crippen molar-refractivity contribution in [3.05, 3.63) is 58.5 Å². The van der Waals surface area contributed by atoms with Crippen LogP contribution in [0.3, 0.4) is 0 Å². The van der Waals surface area contributed by atoms with Crippen LogP contribution >= 0.6 is 0 Å². The lowest BCUT2D eigenvalue weighted by Gasteiger charge is -2.28. The van der Waals surface area contributed by atoms with Crippen molar-refractivity contribution in [1.29, 1.82) is 0 Å². The molecule has 1 saturated carbocycles. The Kier molecular flexibility index (Phi) is 4.76. The molecule has 1 aromatic heterocycles. The fraction of sp³-hybridized carbons (Fsp3) is 0.478. The minimum atomic E-state index is -0.360. The van der Waals surface area contributed by atoms with E-state index in [0.29, 0.717) is 12.1 Å². The van der Waals surface area contributed by atoms with Crippen molar-refractivity contribution < 1.29 is 9.90 Å². The van der Waals surface area contributed by atoms with Gasteiger partial charge in [0, 0.05) is 42.4 Å². The van der Waals surface area contributed by atoms with E-state index in [-0.39, 0.29) is 48.0 Å². The van der Waals surface area contributed by atoms with Gasteiger partial charge in [-0.2, -0.15) is 0 Å². The van der Waals surface area contributed by atoms with Crippen LogP contribution in [0.5, 0.6) is 0 Å². The van der Waals surface area contributed by atoms with Crippen LogP contribution in [0, 0.1) is 11.8 Å². The third-order valence-corrected chi connectivity index (χ3v) is 6.94. The molecular formula is C23H27N3O3. The number of carbonyl (C=O) groups is 1. The lowest BCUT2D eigenvalue weighted by Crippen LogP contribution is -2.43. The van der Waals surface area contributed by atoms with Gasteiger partial charge in [-0.25, -0.2) is 0 Å². The number of amides is 1. The molecule has 4 atom stereocenters. The number of hydrogen-bond donors (Lipinski definition) is 3. The standard InChI is InChI=1S/C23H27N3O3/c27-13-17-18-12-26-19(11-10-16(23(26)29)14-6-2-1-3-7-14)21(25-18)20(17)22(28)24-15-8-4-5-9-15/h1-3,6-7,10-11,15,17-18,20-21,25,27H,4-5,8-9,12-13H2,(H,24,28)/t17-,18-,20+,21+/m1/s1. The second kappa shape index (κ2) is 7.43. The minimum absolute atomic E-state index is 0.00369. The van der Waals surface area contributed by atoms with E-state index in [0.717, 1.165) is 36.9 Å². The van der Waals surface area contributed by atoms with Crippen molar-refractivity contribution in [2.75, 3.05) is 6.61 Å². The molecule has 6 heteroatoms. The maximum absolute atomic E-state index is 13.3. The Bertz CT molecular complexity index is 965. The first kappa shape index (κ1) is 18.6. The van der Waals surface area contributed by atoms with Crippen LogP contribution in [-0.2, 0) is 11.3 Å². The molecule has 3 aliphatic rings. The van der Waals surface area contributed by atoms with Crippen molar-refractivity contribution in [2.24, 2.45) is 11.8 Å². The Balaban J connectivity index is 1.50. The molecule has 152 valence electrons. The van der Waals surface area contributed by atoms with Crippen molar-refractivity contribution in [3.63, 3.8) is 0 Å². The molecule has 0 unspecified atom stereocenters. The summed E-state index contributed by atoms with van der Waals surface area (Å²) in [6.07, 6.45) is 4.37. The lowest BCUT2D eigenvalue weighted by atomic mass is 9.86. The first-order valence-electron chi connectivity index (χ1n) is 10.6. The normalized spacial score (nSPS) is 28.3. The number of rotatable bonds is 4. The molecule has 5 rings (SSSR count). The molecule has 29 heavy (non-hydrogen) atoms. The summed E-state index contributed by atoms with van der Waals surface area (Å²) in [6.45, 7) is 0.412. The number of carbonyl (C=O) groups excluding carboxylic acids is 1. The van der Waals surface area contributed by atoms with Gasteiger partial charge in [0.15, 0.2) is 0 Å². The number of aliphatic hydroxyl groups excluding tert-OH is 1. The van der Waals surface area contributed by atoms with Gasteiger partial charge in [-0.15, -0.1) is 0 Å². The zero-order valence-electron chi connectivity index (χ0n) is 16.4. The average molecular weight is 393 g/mol. The molecule has 1 aromatic carbocycles. The fourth-order valence-electron chi connectivity index (χ4n) is 5.45. The SMILES string of the molecule is O=C(NC1CCCC1)[C@H]1[C@H](CO)[C@H]2Cn3c(ccc(-c4ccccc4)c3=O)[C@@H]1N2. The smallest absolute Gasteiger partial charge is 0.258 e. The largest absolute Gasteiger partial charge is 0.396 e. The van der Waals surface area contributed by atoms with Gasteiger partial charge in [-0.3, -0.25) is 9.59 Å². The van der Waals surface area contributed by atoms with Gasteiger partial charge in [0.05, 0.1) is 12.0 Å². The van der Waals surface area contributed by atoms with Crippen LogP contribution in [0.1, 0.15) is 37.4 Å². The van der Waals surface area contributed by atoms with Crippen LogP contribution in [0.25, 0.3) is 11.1 Å². The van der Waals surface area contributed by atoms with Gasteiger partial charge < -0.3 is 20.3 Å². The molecule has 2 fully saturated rings. The minimum Gasteiger partial charge on any atom is -0.396 e. The Labute approximate surface area is 169 Å². The molecule has 6 nitrogen and oxygen atoms in total. The third kappa shape index (κ3) is 3.11. The van der Waals surface area contributed by atoms with Crippen molar-refractivity contribution in [3.8, 4) is 11.1 Å². The van der Waals surface area contributed by atoms with E-state index in [9.17, 15) is 14.7 Å². The van der Waals surface area contributed by atoms with Crippen LogP contribution in [-0.4, -0.2) is 34.3 Å². The summed E-state index contributed by atoms with van der Waals surface area (Å²) < 4.78 is 1.81. The van der Waals surface area contributed by atoms with Crippen molar-refractivity contribution >= 4 is 5.91 Å². The molecule has 2 aliphatic heterocycles. The summed E-state index contributed by atoms with van der Waals surface area (Å²) in [7, 11) is 0. The number of hydrogen-bond acceptors (Lipinski definition) is 4. The zero-order valence-corrected chi connectivity index (χ0v) is 16.4. The molecule has 2 aromatic rings. The summed E-state index contributed by atoms with van der Waals surface area (Å²) in [6, 6.07) is 13.4. The quantitative estimate of drug-likeness (QED) is 0.740. The molecule has 2 bridgehead atoms. The first-order valence-corrected chi connectivity index (χ1v) is 10.6. The Morgan fingerprint density at radius 2 is 1.90 bits per heavy atom. The number of aromatic nitrogens is 1. The summed E-state index contributed by atoms with van der Waals surface area (Å²) in [5, 5.41) is 16.8. The predicted molar refractivity (Wildman–Crippen MR) is 110 cm³/mol. The highest BCUT2D eigenvalue weighted by molar-refractivity contribution is 5.81.